The summed E-state index contributed by atoms with van der Waals surface area (Å²) < 4.78 is 16.8. The highest BCUT2D eigenvalue weighted by Gasteiger charge is 2.19. The van der Waals surface area contributed by atoms with Crippen LogP contribution < -0.4 is 0 Å². The standard InChI is InChI=1S/C60H106O6/c1-4-7-10-13-16-19-22-25-27-29-30-31-33-35-38-41-44-47-50-53-59(62)65-56-57(55-64-58(61)52-49-46-43-40-37-34-24-21-18-15-12-9-6-3)66-60(63)54-51-48-45-42-39-36-32-28-26-23-20-17-14-11-8-5-2/h9,12,15-16,18-19,21-22,24-25,57H,4-8,10-11,13-14,17,20,23,26-56H2,1-3H3/b12-9+,18-15+,19-16+,24-21+,25-22+. The fraction of sp³-hybridized carbons (Fsp3) is 0.783. The maximum atomic E-state index is 12.8. The lowest BCUT2D eigenvalue weighted by atomic mass is 10.0. The largest absolute Gasteiger partial charge is 0.462 e. The van der Waals surface area contributed by atoms with Crippen LogP contribution in [-0.2, 0) is 28.6 Å². The van der Waals surface area contributed by atoms with Crippen LogP contribution in [-0.4, -0.2) is 37.2 Å². The fourth-order valence-electron chi connectivity index (χ4n) is 8.08. The first-order valence-electron chi connectivity index (χ1n) is 28.3. The van der Waals surface area contributed by atoms with Crippen molar-refractivity contribution >= 4 is 17.9 Å². The SMILES string of the molecule is CC/C=C/C=C/C=C/CCCCCCCC(=O)OCC(COC(=O)CCCCCCCCCCCC/C=C/C=C/CCCCC)OC(=O)CCCCCCCCCCCCCCCCCC. The Kier molecular flexibility index (Phi) is 52.3. The Hall–Kier alpha value is -2.89. The molecule has 0 aromatic heterocycles. The molecule has 0 aromatic carbocycles. The van der Waals surface area contributed by atoms with Crippen molar-refractivity contribution in [1.29, 1.82) is 0 Å². The Morgan fingerprint density at radius 2 is 0.591 bits per heavy atom. The topological polar surface area (TPSA) is 78.9 Å². The first-order valence-corrected chi connectivity index (χ1v) is 28.3. The first-order chi connectivity index (χ1) is 32.5. The second kappa shape index (κ2) is 54.7. The summed E-state index contributed by atoms with van der Waals surface area (Å²) in [4.78, 5) is 38.1. The molecule has 1 unspecified atom stereocenters. The molecule has 0 heterocycles. The third kappa shape index (κ3) is 52.1. The van der Waals surface area contributed by atoms with Gasteiger partial charge in [0.15, 0.2) is 6.10 Å². The van der Waals surface area contributed by atoms with Gasteiger partial charge in [-0.15, -0.1) is 0 Å². The van der Waals surface area contributed by atoms with Gasteiger partial charge in [0.25, 0.3) is 0 Å². The molecule has 0 bridgehead atoms. The van der Waals surface area contributed by atoms with Crippen molar-refractivity contribution < 1.29 is 28.6 Å². The van der Waals surface area contributed by atoms with Crippen LogP contribution in [0.25, 0.3) is 0 Å². The molecule has 0 saturated carbocycles. The summed E-state index contributed by atoms with van der Waals surface area (Å²) in [6, 6.07) is 0. The number of esters is 3. The molecule has 6 nitrogen and oxygen atoms in total. The predicted molar refractivity (Wildman–Crippen MR) is 284 cm³/mol. The van der Waals surface area contributed by atoms with E-state index in [1.54, 1.807) is 0 Å². The van der Waals surface area contributed by atoms with E-state index < -0.39 is 6.10 Å². The summed E-state index contributed by atoms with van der Waals surface area (Å²) in [5, 5.41) is 0. The van der Waals surface area contributed by atoms with Crippen LogP contribution in [0.15, 0.2) is 60.8 Å². The van der Waals surface area contributed by atoms with Gasteiger partial charge in [0.1, 0.15) is 13.2 Å². The lowest BCUT2D eigenvalue weighted by Gasteiger charge is -2.18. The van der Waals surface area contributed by atoms with Gasteiger partial charge in [-0.25, -0.2) is 0 Å². The van der Waals surface area contributed by atoms with E-state index in [2.05, 4.69) is 81.5 Å². The maximum Gasteiger partial charge on any atom is 0.306 e. The van der Waals surface area contributed by atoms with Gasteiger partial charge in [0.05, 0.1) is 0 Å². The van der Waals surface area contributed by atoms with Gasteiger partial charge in [-0.05, 0) is 64.2 Å². The van der Waals surface area contributed by atoms with Crippen LogP contribution in [0.3, 0.4) is 0 Å². The van der Waals surface area contributed by atoms with Crippen molar-refractivity contribution in [2.45, 2.75) is 290 Å². The number of unbranched alkanes of at least 4 members (excludes halogenated alkanes) is 33. The summed E-state index contributed by atoms with van der Waals surface area (Å²) in [5.74, 6) is -0.893. The zero-order valence-electron chi connectivity index (χ0n) is 43.7. The molecule has 0 radical (unpaired) electrons. The molecule has 0 aliphatic carbocycles. The van der Waals surface area contributed by atoms with E-state index in [4.69, 9.17) is 14.2 Å². The van der Waals surface area contributed by atoms with Crippen LogP contribution >= 0.6 is 0 Å². The van der Waals surface area contributed by atoms with Crippen molar-refractivity contribution in [1.82, 2.24) is 0 Å². The Morgan fingerprint density at radius 1 is 0.318 bits per heavy atom. The molecule has 0 aromatic rings. The number of hydrogen-bond acceptors (Lipinski definition) is 6. The highest BCUT2D eigenvalue weighted by Crippen LogP contribution is 2.16. The van der Waals surface area contributed by atoms with Gasteiger partial charge in [0, 0.05) is 19.3 Å². The molecule has 66 heavy (non-hydrogen) atoms. The third-order valence-corrected chi connectivity index (χ3v) is 12.3. The van der Waals surface area contributed by atoms with E-state index >= 15 is 0 Å². The lowest BCUT2D eigenvalue weighted by Crippen LogP contribution is -2.30. The minimum absolute atomic E-state index is 0.0804. The normalized spacial score (nSPS) is 12.5. The van der Waals surface area contributed by atoms with E-state index in [1.807, 2.05) is 0 Å². The number of carbonyl (C=O) groups is 3. The predicted octanol–water partition coefficient (Wildman–Crippen LogP) is 18.8. The fourth-order valence-corrected chi connectivity index (χ4v) is 8.08. The summed E-state index contributed by atoms with van der Waals surface area (Å²) in [7, 11) is 0. The summed E-state index contributed by atoms with van der Waals surface area (Å²) in [6.45, 7) is 6.49. The molecule has 0 N–H and O–H groups in total. The highest BCUT2D eigenvalue weighted by atomic mass is 16.6. The number of carbonyl (C=O) groups excluding carboxylic acids is 3. The molecule has 0 spiro atoms. The smallest absolute Gasteiger partial charge is 0.306 e. The molecular weight excluding hydrogens is 817 g/mol. The average Bonchev–Trinajstić information content (AvgIpc) is 3.31. The van der Waals surface area contributed by atoms with Crippen LogP contribution in [0.2, 0.25) is 0 Å². The second-order valence-corrected chi connectivity index (χ2v) is 18.9. The summed E-state index contributed by atoms with van der Waals surface area (Å²) in [5.41, 5.74) is 0. The van der Waals surface area contributed by atoms with Crippen LogP contribution in [0.1, 0.15) is 284 Å². The Bertz CT molecular complexity index is 1200. The van der Waals surface area contributed by atoms with E-state index in [1.165, 1.54) is 161 Å². The molecule has 6 heteroatoms. The molecule has 1 atom stereocenters. The zero-order chi connectivity index (χ0) is 47.9. The van der Waals surface area contributed by atoms with E-state index in [0.29, 0.717) is 19.3 Å². The second-order valence-electron chi connectivity index (χ2n) is 18.9. The molecule has 0 aliphatic heterocycles. The molecule has 0 saturated heterocycles. The number of rotatable bonds is 51. The Labute approximate surface area is 409 Å². The summed E-state index contributed by atoms with van der Waals surface area (Å²) >= 11 is 0. The number of allylic oxidation sites excluding steroid dienone is 10. The van der Waals surface area contributed by atoms with E-state index in [-0.39, 0.29) is 31.1 Å². The van der Waals surface area contributed by atoms with Gasteiger partial charge < -0.3 is 14.2 Å². The summed E-state index contributed by atoms with van der Waals surface area (Å²) in [6.07, 6.45) is 67.8. The minimum atomic E-state index is -0.782. The lowest BCUT2D eigenvalue weighted by molar-refractivity contribution is -0.167. The van der Waals surface area contributed by atoms with Crippen molar-refractivity contribution in [3.05, 3.63) is 60.8 Å². The highest BCUT2D eigenvalue weighted by molar-refractivity contribution is 5.71. The minimum Gasteiger partial charge on any atom is -0.462 e. The molecule has 0 rings (SSSR count). The molecule has 0 aliphatic rings. The van der Waals surface area contributed by atoms with Gasteiger partial charge in [-0.3, -0.25) is 14.4 Å². The maximum absolute atomic E-state index is 12.8. The van der Waals surface area contributed by atoms with E-state index in [9.17, 15) is 14.4 Å². The van der Waals surface area contributed by atoms with Crippen LogP contribution in [0.4, 0.5) is 0 Å². The van der Waals surface area contributed by atoms with Crippen molar-refractivity contribution in [3.8, 4) is 0 Å². The monoisotopic (exact) mass is 923 g/mol. The van der Waals surface area contributed by atoms with Crippen LogP contribution in [0.5, 0.6) is 0 Å². The van der Waals surface area contributed by atoms with Crippen molar-refractivity contribution in [3.63, 3.8) is 0 Å². The van der Waals surface area contributed by atoms with Crippen molar-refractivity contribution in [2.75, 3.05) is 13.2 Å². The van der Waals surface area contributed by atoms with Gasteiger partial charge in [-0.1, -0.05) is 261 Å². The number of hydrogen-bond donors (Lipinski definition) is 0. The van der Waals surface area contributed by atoms with Gasteiger partial charge >= 0.3 is 17.9 Å². The average molecular weight is 924 g/mol. The quantitative estimate of drug-likeness (QED) is 0.0262. The van der Waals surface area contributed by atoms with Crippen molar-refractivity contribution in [2.24, 2.45) is 0 Å². The third-order valence-electron chi connectivity index (χ3n) is 12.3. The van der Waals surface area contributed by atoms with Crippen LogP contribution in [0, 0.1) is 0 Å². The molecule has 0 amide bonds. The Balaban J connectivity index is 4.35. The molecule has 382 valence electrons. The zero-order valence-corrected chi connectivity index (χ0v) is 43.7. The van der Waals surface area contributed by atoms with Gasteiger partial charge in [0.2, 0.25) is 0 Å². The Morgan fingerprint density at radius 3 is 0.955 bits per heavy atom. The molecule has 0 fully saturated rings. The molecular formula is C60H106O6. The number of ether oxygens (including phenoxy) is 3. The van der Waals surface area contributed by atoms with E-state index in [0.717, 1.165) is 83.5 Å². The first kappa shape index (κ1) is 63.1. The van der Waals surface area contributed by atoms with Gasteiger partial charge in [-0.2, -0.15) is 0 Å².